The van der Waals surface area contributed by atoms with Crippen LogP contribution in [-0.2, 0) is 16.0 Å². The van der Waals surface area contributed by atoms with Crippen LogP contribution in [0.15, 0.2) is 48.7 Å². The number of hydrogen-bond donors (Lipinski definition) is 1. The van der Waals surface area contributed by atoms with Crippen molar-refractivity contribution in [3.05, 3.63) is 54.2 Å². The molecule has 1 saturated heterocycles. The fourth-order valence-corrected chi connectivity index (χ4v) is 2.95. The molecule has 0 saturated carbocycles. The summed E-state index contributed by atoms with van der Waals surface area (Å²) in [6, 6.07) is 13.6. The summed E-state index contributed by atoms with van der Waals surface area (Å²) in [7, 11) is 0. The van der Waals surface area contributed by atoms with Crippen molar-refractivity contribution >= 4 is 23.2 Å². The second-order valence-corrected chi connectivity index (χ2v) is 5.91. The molecular formula is C18H19N5O2. The lowest BCUT2D eigenvalue weighted by molar-refractivity contribution is -0.115. The highest BCUT2D eigenvalue weighted by molar-refractivity contribution is 5.91. The van der Waals surface area contributed by atoms with Crippen molar-refractivity contribution in [2.24, 2.45) is 0 Å². The van der Waals surface area contributed by atoms with E-state index < -0.39 is 0 Å². The van der Waals surface area contributed by atoms with Crippen LogP contribution < -0.4 is 10.2 Å². The number of anilines is 2. The van der Waals surface area contributed by atoms with E-state index in [-0.39, 0.29) is 5.91 Å². The lowest BCUT2D eigenvalue weighted by atomic mass is 10.1. The number of carbonyl (C=O) groups excluding carboxylic acids is 1. The molecule has 128 valence electrons. The lowest BCUT2D eigenvalue weighted by Gasteiger charge is -2.28. The number of nitrogens with zero attached hydrogens (tertiary/aromatic N) is 4. The molecule has 25 heavy (non-hydrogen) atoms. The van der Waals surface area contributed by atoms with Crippen LogP contribution in [0.2, 0.25) is 0 Å². The number of hydrogen-bond acceptors (Lipinski definition) is 5. The Labute approximate surface area is 145 Å². The first-order valence-corrected chi connectivity index (χ1v) is 8.31. The largest absolute Gasteiger partial charge is 0.378 e. The van der Waals surface area contributed by atoms with Crippen LogP contribution in [0.5, 0.6) is 0 Å². The Morgan fingerprint density at radius 1 is 1.12 bits per heavy atom. The molecule has 1 aromatic carbocycles. The molecule has 1 amide bonds. The Morgan fingerprint density at radius 2 is 1.92 bits per heavy atom. The molecule has 0 unspecified atom stereocenters. The molecule has 1 aliphatic rings. The maximum Gasteiger partial charge on any atom is 0.249 e. The molecule has 2 aromatic heterocycles. The number of carbonyl (C=O) groups is 1. The Bertz CT molecular complexity index is 872. The molecule has 1 aliphatic heterocycles. The Balaban J connectivity index is 1.53. The van der Waals surface area contributed by atoms with Crippen molar-refractivity contribution in [2.75, 3.05) is 36.5 Å². The van der Waals surface area contributed by atoms with Gasteiger partial charge in [0.05, 0.1) is 25.3 Å². The zero-order chi connectivity index (χ0) is 17.1. The van der Waals surface area contributed by atoms with Gasteiger partial charge >= 0.3 is 0 Å². The van der Waals surface area contributed by atoms with Crippen LogP contribution in [0.25, 0.3) is 5.65 Å². The second-order valence-electron chi connectivity index (χ2n) is 5.91. The van der Waals surface area contributed by atoms with Gasteiger partial charge < -0.3 is 9.64 Å². The molecule has 3 aromatic rings. The predicted molar refractivity (Wildman–Crippen MR) is 94.8 cm³/mol. The Kier molecular flexibility index (Phi) is 4.30. The molecular weight excluding hydrogens is 318 g/mol. The van der Waals surface area contributed by atoms with Crippen LogP contribution in [0, 0.1) is 0 Å². The van der Waals surface area contributed by atoms with Crippen molar-refractivity contribution in [1.82, 2.24) is 14.6 Å². The molecule has 3 heterocycles. The summed E-state index contributed by atoms with van der Waals surface area (Å²) >= 11 is 0. The summed E-state index contributed by atoms with van der Waals surface area (Å²) in [5.41, 5.74) is 2.69. The molecule has 0 bridgehead atoms. The quantitative estimate of drug-likeness (QED) is 0.785. The van der Waals surface area contributed by atoms with Gasteiger partial charge in [0.2, 0.25) is 11.9 Å². The van der Waals surface area contributed by atoms with E-state index in [1.54, 1.807) is 4.52 Å². The van der Waals surface area contributed by atoms with Crippen molar-refractivity contribution in [3.63, 3.8) is 0 Å². The number of aromatic nitrogens is 3. The maximum absolute atomic E-state index is 12.2. The van der Waals surface area contributed by atoms with Gasteiger partial charge in [0.25, 0.3) is 0 Å². The minimum atomic E-state index is -0.130. The summed E-state index contributed by atoms with van der Waals surface area (Å²) in [4.78, 5) is 19.0. The monoisotopic (exact) mass is 337 g/mol. The minimum Gasteiger partial charge on any atom is -0.378 e. The topological polar surface area (TPSA) is 71.8 Å². The molecule has 7 nitrogen and oxygen atoms in total. The van der Waals surface area contributed by atoms with E-state index in [1.165, 1.54) is 0 Å². The van der Waals surface area contributed by atoms with Crippen molar-refractivity contribution < 1.29 is 9.53 Å². The number of amides is 1. The maximum atomic E-state index is 12.2. The van der Waals surface area contributed by atoms with Crippen molar-refractivity contribution in [2.45, 2.75) is 6.42 Å². The molecule has 1 fully saturated rings. The van der Waals surface area contributed by atoms with Crippen LogP contribution in [-0.4, -0.2) is 46.8 Å². The molecule has 1 N–H and O–H groups in total. The molecule has 4 rings (SSSR count). The van der Waals surface area contributed by atoms with Gasteiger partial charge in [0, 0.05) is 19.3 Å². The van der Waals surface area contributed by atoms with Gasteiger partial charge in [-0.05, 0) is 17.7 Å². The average molecular weight is 337 g/mol. The summed E-state index contributed by atoms with van der Waals surface area (Å²) in [5.74, 6) is 0.191. The zero-order valence-electron chi connectivity index (χ0n) is 13.8. The lowest BCUT2D eigenvalue weighted by Crippen LogP contribution is -2.36. The highest BCUT2D eigenvalue weighted by atomic mass is 16.5. The molecule has 0 atom stereocenters. The average Bonchev–Trinajstić information content (AvgIpc) is 3.05. The summed E-state index contributed by atoms with van der Waals surface area (Å²) < 4.78 is 7.10. The normalized spacial score (nSPS) is 14.6. The number of nitrogens with one attached hydrogen (secondary N) is 1. The molecule has 0 aliphatic carbocycles. The zero-order valence-corrected chi connectivity index (χ0v) is 13.8. The summed E-state index contributed by atoms with van der Waals surface area (Å²) in [5, 5.41) is 7.15. The van der Waals surface area contributed by atoms with E-state index in [0.29, 0.717) is 25.6 Å². The van der Waals surface area contributed by atoms with Gasteiger partial charge in [-0.2, -0.15) is 4.98 Å². The SMILES string of the molecule is O=C(Cc1ccccc1)Nc1nc2c(N3CCOCC3)cccn2n1. The molecule has 7 heteroatoms. The van der Waals surface area contributed by atoms with E-state index in [4.69, 9.17) is 4.74 Å². The summed E-state index contributed by atoms with van der Waals surface area (Å²) in [6.45, 7) is 3.05. The number of rotatable bonds is 4. The summed E-state index contributed by atoms with van der Waals surface area (Å²) in [6.07, 6.45) is 2.13. The fourth-order valence-electron chi connectivity index (χ4n) is 2.95. The van der Waals surface area contributed by atoms with Gasteiger partial charge in [-0.3, -0.25) is 10.1 Å². The van der Waals surface area contributed by atoms with Gasteiger partial charge in [0.1, 0.15) is 0 Å². The number of pyridine rings is 1. The Hall–Kier alpha value is -2.93. The van der Waals surface area contributed by atoms with Crippen LogP contribution >= 0.6 is 0 Å². The third kappa shape index (κ3) is 3.46. The van der Waals surface area contributed by atoms with E-state index >= 15 is 0 Å². The first kappa shape index (κ1) is 15.6. The number of morpholine rings is 1. The fraction of sp³-hybridized carbons (Fsp3) is 0.278. The van der Waals surface area contributed by atoms with E-state index in [0.717, 1.165) is 30.0 Å². The standard InChI is InChI=1S/C18H19N5O2/c24-16(13-14-5-2-1-3-6-14)19-18-20-17-15(7-4-8-23(17)21-18)22-9-11-25-12-10-22/h1-8H,9-13H2,(H,19,21,24). The highest BCUT2D eigenvalue weighted by Crippen LogP contribution is 2.22. The second kappa shape index (κ2) is 6.90. The first-order valence-electron chi connectivity index (χ1n) is 8.31. The minimum absolute atomic E-state index is 0.130. The number of ether oxygens (including phenoxy) is 1. The molecule has 0 spiro atoms. The van der Waals surface area contributed by atoms with Crippen molar-refractivity contribution in [1.29, 1.82) is 0 Å². The van der Waals surface area contributed by atoms with Crippen LogP contribution in [0.4, 0.5) is 11.6 Å². The van der Waals surface area contributed by atoms with Crippen LogP contribution in [0.1, 0.15) is 5.56 Å². The van der Waals surface area contributed by atoms with Crippen molar-refractivity contribution in [3.8, 4) is 0 Å². The third-order valence-electron chi connectivity index (χ3n) is 4.15. The number of fused-ring (bicyclic) bond motifs is 1. The highest BCUT2D eigenvalue weighted by Gasteiger charge is 2.17. The van der Waals surface area contributed by atoms with Crippen LogP contribution in [0.3, 0.4) is 0 Å². The first-order chi connectivity index (χ1) is 12.3. The van der Waals surface area contributed by atoms with Gasteiger partial charge in [-0.25, -0.2) is 4.52 Å². The van der Waals surface area contributed by atoms with Gasteiger partial charge in [-0.1, -0.05) is 30.3 Å². The van der Waals surface area contributed by atoms with E-state index in [9.17, 15) is 4.79 Å². The van der Waals surface area contributed by atoms with Gasteiger partial charge in [-0.15, -0.1) is 5.10 Å². The van der Waals surface area contributed by atoms with E-state index in [2.05, 4.69) is 20.3 Å². The number of benzene rings is 1. The molecule has 0 radical (unpaired) electrons. The smallest absolute Gasteiger partial charge is 0.249 e. The van der Waals surface area contributed by atoms with E-state index in [1.807, 2.05) is 48.7 Å². The third-order valence-corrected chi connectivity index (χ3v) is 4.15. The van der Waals surface area contributed by atoms with Gasteiger partial charge in [0.15, 0.2) is 5.65 Å². The Morgan fingerprint density at radius 3 is 2.72 bits per heavy atom. The predicted octanol–water partition coefficient (Wildman–Crippen LogP) is 1.75.